The minimum atomic E-state index is -0.159. The van der Waals surface area contributed by atoms with Crippen molar-refractivity contribution >= 4 is 0 Å². The van der Waals surface area contributed by atoms with Gasteiger partial charge in [0.2, 0.25) is 0 Å². The van der Waals surface area contributed by atoms with Gasteiger partial charge in [-0.05, 0) is 51.6 Å². The Morgan fingerprint density at radius 2 is 2.00 bits per heavy atom. The Morgan fingerprint density at radius 3 is 2.66 bits per heavy atom. The van der Waals surface area contributed by atoms with Crippen molar-refractivity contribution in [1.29, 1.82) is 0 Å². The third kappa shape index (κ3) is 4.05. The number of aromatic amines is 1. The van der Waals surface area contributed by atoms with Gasteiger partial charge in [0.25, 0.3) is 0 Å². The first-order valence-electron chi connectivity index (χ1n) is 9.92. The Morgan fingerprint density at radius 1 is 1.17 bits per heavy atom. The minimum Gasteiger partial charge on any atom is -0.513 e. The molecule has 2 atom stereocenters. The van der Waals surface area contributed by atoms with E-state index in [0.29, 0.717) is 12.2 Å². The Kier molecular flexibility index (Phi) is 5.40. The number of aromatic nitrogens is 5. The monoisotopic (exact) mass is 390 g/mol. The molecular weight excluding hydrogens is 364 g/mol. The van der Waals surface area contributed by atoms with Crippen molar-refractivity contribution in [2.75, 3.05) is 0 Å². The van der Waals surface area contributed by atoms with E-state index in [1.54, 1.807) is 0 Å². The van der Waals surface area contributed by atoms with Crippen LogP contribution in [0.15, 0.2) is 48.9 Å². The molecule has 0 fully saturated rings. The van der Waals surface area contributed by atoms with E-state index in [0.717, 1.165) is 29.9 Å². The standard InChI is InChI=1S/C22H26N6O/c1-13(2)21(14(3)29)19(22-25-27-28-26-22)8-15-4-7-20(24-10-15)16-5-6-17-11-23-12-18(17)9-16/h4-7,9-10,13,19,21,23,29H,3,8,11-12H2,1-2H3,(H,25,26,27,28)/t19-,21+/m0/s1. The summed E-state index contributed by atoms with van der Waals surface area (Å²) in [5.41, 5.74) is 5.84. The average molecular weight is 390 g/mol. The number of pyridine rings is 1. The summed E-state index contributed by atoms with van der Waals surface area (Å²) in [4.78, 5) is 4.69. The molecule has 0 saturated heterocycles. The Bertz CT molecular complexity index is 981. The first-order valence-corrected chi connectivity index (χ1v) is 9.92. The van der Waals surface area contributed by atoms with Crippen molar-refractivity contribution in [3.05, 3.63) is 71.4 Å². The highest BCUT2D eigenvalue weighted by molar-refractivity contribution is 5.61. The van der Waals surface area contributed by atoms with Gasteiger partial charge in [-0.1, -0.05) is 38.6 Å². The van der Waals surface area contributed by atoms with Gasteiger partial charge in [0.05, 0.1) is 11.5 Å². The Hall–Kier alpha value is -3.06. The smallest absolute Gasteiger partial charge is 0.152 e. The van der Waals surface area contributed by atoms with Crippen LogP contribution in [0.3, 0.4) is 0 Å². The summed E-state index contributed by atoms with van der Waals surface area (Å²) in [6.07, 6.45) is 2.55. The van der Waals surface area contributed by atoms with Crippen molar-refractivity contribution in [3.8, 4) is 11.3 Å². The molecule has 0 radical (unpaired) electrons. The number of benzene rings is 1. The summed E-state index contributed by atoms with van der Waals surface area (Å²) >= 11 is 0. The number of hydrogen-bond donors (Lipinski definition) is 3. The fourth-order valence-corrected chi connectivity index (χ4v) is 4.22. The lowest BCUT2D eigenvalue weighted by molar-refractivity contribution is 0.243. The first-order chi connectivity index (χ1) is 14.0. The number of rotatable bonds is 7. The summed E-state index contributed by atoms with van der Waals surface area (Å²) in [6.45, 7) is 9.76. The van der Waals surface area contributed by atoms with Gasteiger partial charge in [-0.15, -0.1) is 5.10 Å². The highest BCUT2D eigenvalue weighted by Crippen LogP contribution is 2.35. The maximum atomic E-state index is 10.2. The van der Waals surface area contributed by atoms with Crippen LogP contribution in [0, 0.1) is 11.8 Å². The normalized spacial score (nSPS) is 15.3. The zero-order chi connectivity index (χ0) is 20.4. The molecule has 150 valence electrons. The van der Waals surface area contributed by atoms with Crippen molar-refractivity contribution in [3.63, 3.8) is 0 Å². The molecular formula is C22H26N6O. The highest BCUT2D eigenvalue weighted by Gasteiger charge is 2.31. The zero-order valence-electron chi connectivity index (χ0n) is 16.8. The van der Waals surface area contributed by atoms with Gasteiger partial charge >= 0.3 is 0 Å². The predicted octanol–water partition coefficient (Wildman–Crippen LogP) is 3.54. The lowest BCUT2D eigenvalue weighted by atomic mass is 9.78. The van der Waals surface area contributed by atoms with E-state index >= 15 is 0 Å². The molecule has 0 spiro atoms. The predicted molar refractivity (Wildman–Crippen MR) is 111 cm³/mol. The molecule has 0 saturated carbocycles. The van der Waals surface area contributed by atoms with Gasteiger partial charge in [0.1, 0.15) is 0 Å². The van der Waals surface area contributed by atoms with E-state index in [-0.39, 0.29) is 23.5 Å². The molecule has 1 aliphatic rings. The molecule has 0 bridgehead atoms. The number of fused-ring (bicyclic) bond motifs is 1. The van der Waals surface area contributed by atoms with Gasteiger partial charge in [-0.25, -0.2) is 5.10 Å². The Labute approximate surface area is 170 Å². The molecule has 3 heterocycles. The van der Waals surface area contributed by atoms with Gasteiger partial charge in [0.15, 0.2) is 5.82 Å². The van der Waals surface area contributed by atoms with Crippen LogP contribution in [0.5, 0.6) is 0 Å². The first kappa shape index (κ1) is 19.3. The summed E-state index contributed by atoms with van der Waals surface area (Å²) in [7, 11) is 0. The van der Waals surface area contributed by atoms with Crippen molar-refractivity contribution < 1.29 is 5.11 Å². The largest absolute Gasteiger partial charge is 0.513 e. The second-order valence-electron chi connectivity index (χ2n) is 8.00. The van der Waals surface area contributed by atoms with Crippen LogP contribution in [0.1, 0.15) is 42.3 Å². The number of hydrogen-bond acceptors (Lipinski definition) is 6. The lowest BCUT2D eigenvalue weighted by Gasteiger charge is -2.27. The number of nitrogens with zero attached hydrogens (tertiary/aromatic N) is 4. The van der Waals surface area contributed by atoms with Gasteiger partial charge in [-0.3, -0.25) is 4.98 Å². The van der Waals surface area contributed by atoms with Crippen molar-refractivity contribution in [1.82, 2.24) is 30.9 Å². The molecule has 29 heavy (non-hydrogen) atoms. The number of allylic oxidation sites excluding steroid dienone is 1. The number of tetrazole rings is 1. The number of nitrogens with one attached hydrogen (secondary N) is 2. The topological polar surface area (TPSA) is 99.6 Å². The third-order valence-corrected chi connectivity index (χ3v) is 5.66. The summed E-state index contributed by atoms with van der Waals surface area (Å²) in [5.74, 6) is 0.719. The molecule has 0 unspecified atom stereocenters. The molecule has 1 aliphatic heterocycles. The number of aliphatic hydroxyl groups excluding tert-OH is 1. The molecule has 4 rings (SSSR count). The van der Waals surface area contributed by atoms with Crippen LogP contribution in [-0.4, -0.2) is 30.7 Å². The SMILES string of the molecule is C=C(O)[C@@H](C(C)C)[C@H](Cc1ccc(-c2ccc3c(c2)CNC3)nc1)c1nnn[nH]1. The van der Waals surface area contributed by atoms with E-state index in [2.05, 4.69) is 70.6 Å². The summed E-state index contributed by atoms with van der Waals surface area (Å²) < 4.78 is 0. The van der Waals surface area contributed by atoms with E-state index in [4.69, 9.17) is 4.98 Å². The second kappa shape index (κ2) is 8.13. The van der Waals surface area contributed by atoms with Crippen molar-refractivity contribution in [2.24, 2.45) is 11.8 Å². The molecule has 0 amide bonds. The maximum absolute atomic E-state index is 10.2. The zero-order valence-corrected chi connectivity index (χ0v) is 16.8. The summed E-state index contributed by atoms with van der Waals surface area (Å²) in [6, 6.07) is 10.6. The highest BCUT2D eigenvalue weighted by atomic mass is 16.3. The van der Waals surface area contributed by atoms with Crippen LogP contribution < -0.4 is 5.32 Å². The molecule has 2 aromatic heterocycles. The van der Waals surface area contributed by atoms with Gasteiger partial charge in [-0.2, -0.15) is 0 Å². The van der Waals surface area contributed by atoms with E-state index < -0.39 is 0 Å². The van der Waals surface area contributed by atoms with Crippen LogP contribution in [0.25, 0.3) is 11.3 Å². The van der Waals surface area contributed by atoms with Crippen LogP contribution >= 0.6 is 0 Å². The van der Waals surface area contributed by atoms with Crippen LogP contribution in [0.2, 0.25) is 0 Å². The van der Waals surface area contributed by atoms with Crippen LogP contribution in [-0.2, 0) is 19.5 Å². The molecule has 3 N–H and O–H groups in total. The van der Waals surface area contributed by atoms with Crippen molar-refractivity contribution in [2.45, 2.75) is 39.3 Å². The van der Waals surface area contributed by atoms with Gasteiger partial charge in [0, 0.05) is 36.7 Å². The second-order valence-corrected chi connectivity index (χ2v) is 8.00. The number of H-pyrrole nitrogens is 1. The molecule has 7 nitrogen and oxygen atoms in total. The molecule has 3 aromatic rings. The number of aliphatic hydroxyl groups is 1. The van der Waals surface area contributed by atoms with E-state index in [1.807, 2.05) is 12.3 Å². The van der Waals surface area contributed by atoms with Crippen LogP contribution in [0.4, 0.5) is 0 Å². The third-order valence-electron chi connectivity index (χ3n) is 5.66. The summed E-state index contributed by atoms with van der Waals surface area (Å²) in [5, 5.41) is 28.0. The average Bonchev–Trinajstić information content (AvgIpc) is 3.38. The van der Waals surface area contributed by atoms with E-state index in [9.17, 15) is 5.11 Å². The minimum absolute atomic E-state index is 0.110. The Balaban J connectivity index is 1.58. The van der Waals surface area contributed by atoms with E-state index in [1.165, 1.54) is 11.1 Å². The van der Waals surface area contributed by atoms with Gasteiger partial charge < -0.3 is 10.4 Å². The quantitative estimate of drug-likeness (QED) is 0.534. The fraction of sp³-hybridized carbons (Fsp3) is 0.364. The maximum Gasteiger partial charge on any atom is 0.152 e. The fourth-order valence-electron chi connectivity index (χ4n) is 4.22. The molecule has 0 aliphatic carbocycles. The lowest BCUT2D eigenvalue weighted by Crippen LogP contribution is -2.23. The molecule has 1 aromatic carbocycles. The molecule has 7 heteroatoms.